The van der Waals surface area contributed by atoms with E-state index in [4.69, 9.17) is 4.74 Å². The SMILES string of the molecule is CCOc1cc(CN2CCNCC2c2nccn2C)ccc1OC(F)F. The van der Waals surface area contributed by atoms with E-state index in [0.29, 0.717) is 18.9 Å². The van der Waals surface area contributed by atoms with Crippen LogP contribution in [0.3, 0.4) is 0 Å². The molecule has 3 rings (SSSR count). The van der Waals surface area contributed by atoms with Crippen LogP contribution in [0.5, 0.6) is 11.5 Å². The highest BCUT2D eigenvalue weighted by Gasteiger charge is 2.27. The molecule has 1 N–H and O–H groups in total. The van der Waals surface area contributed by atoms with E-state index in [1.807, 2.05) is 24.7 Å². The summed E-state index contributed by atoms with van der Waals surface area (Å²) in [7, 11) is 1.98. The number of hydrogen-bond acceptors (Lipinski definition) is 5. The summed E-state index contributed by atoms with van der Waals surface area (Å²) in [5.74, 6) is 1.40. The first kappa shape index (κ1) is 18.6. The summed E-state index contributed by atoms with van der Waals surface area (Å²) in [6.07, 6.45) is 3.73. The van der Waals surface area contributed by atoms with Gasteiger partial charge in [0.05, 0.1) is 12.6 Å². The number of rotatable bonds is 7. The van der Waals surface area contributed by atoms with Crippen LogP contribution >= 0.6 is 0 Å². The maximum atomic E-state index is 12.6. The van der Waals surface area contributed by atoms with Crippen molar-refractivity contribution in [3.05, 3.63) is 42.0 Å². The van der Waals surface area contributed by atoms with Crippen LogP contribution in [-0.4, -0.2) is 47.3 Å². The smallest absolute Gasteiger partial charge is 0.387 e. The third kappa shape index (κ3) is 4.31. The fourth-order valence-corrected chi connectivity index (χ4v) is 3.24. The van der Waals surface area contributed by atoms with Crippen LogP contribution in [0.25, 0.3) is 0 Å². The molecule has 2 aromatic rings. The first-order valence-electron chi connectivity index (χ1n) is 8.71. The van der Waals surface area contributed by atoms with Crippen LogP contribution in [0.1, 0.15) is 24.4 Å². The molecule has 0 aliphatic carbocycles. The van der Waals surface area contributed by atoms with Gasteiger partial charge in [0.25, 0.3) is 0 Å². The van der Waals surface area contributed by atoms with Gasteiger partial charge < -0.3 is 19.4 Å². The molecule has 2 heterocycles. The Morgan fingerprint density at radius 3 is 2.88 bits per heavy atom. The molecule has 8 heteroatoms. The van der Waals surface area contributed by atoms with Crippen LogP contribution in [0.2, 0.25) is 0 Å². The molecule has 1 aromatic heterocycles. The van der Waals surface area contributed by atoms with Crippen LogP contribution in [0, 0.1) is 0 Å². The average molecular weight is 366 g/mol. The molecule has 0 amide bonds. The van der Waals surface area contributed by atoms with Gasteiger partial charge in [-0.3, -0.25) is 4.90 Å². The molecule has 1 atom stereocenters. The summed E-state index contributed by atoms with van der Waals surface area (Å²) in [6.45, 7) is 2.58. The zero-order valence-corrected chi connectivity index (χ0v) is 15.0. The third-order valence-corrected chi connectivity index (χ3v) is 4.42. The van der Waals surface area contributed by atoms with Crippen LogP contribution in [0.15, 0.2) is 30.6 Å². The van der Waals surface area contributed by atoms with Crippen molar-refractivity contribution in [2.24, 2.45) is 7.05 Å². The van der Waals surface area contributed by atoms with Crippen LogP contribution in [-0.2, 0) is 13.6 Å². The summed E-state index contributed by atoms with van der Waals surface area (Å²) in [6, 6.07) is 5.28. The predicted octanol–water partition coefficient (Wildman–Crippen LogP) is 2.57. The number of halogens is 2. The molecule has 142 valence electrons. The summed E-state index contributed by atoms with van der Waals surface area (Å²) in [4.78, 5) is 6.81. The molecule has 6 nitrogen and oxygen atoms in total. The van der Waals surface area contributed by atoms with Gasteiger partial charge in [-0.15, -0.1) is 0 Å². The maximum Gasteiger partial charge on any atom is 0.387 e. The lowest BCUT2D eigenvalue weighted by Crippen LogP contribution is -2.46. The van der Waals surface area contributed by atoms with E-state index >= 15 is 0 Å². The molecular weight excluding hydrogens is 342 g/mol. The lowest BCUT2D eigenvalue weighted by atomic mass is 10.1. The third-order valence-electron chi connectivity index (χ3n) is 4.42. The van der Waals surface area contributed by atoms with E-state index in [9.17, 15) is 8.78 Å². The minimum atomic E-state index is -2.87. The molecule has 0 saturated carbocycles. The predicted molar refractivity (Wildman–Crippen MR) is 93.5 cm³/mol. The zero-order chi connectivity index (χ0) is 18.5. The zero-order valence-electron chi connectivity index (χ0n) is 15.0. The van der Waals surface area contributed by atoms with E-state index in [2.05, 4.69) is 19.9 Å². The largest absolute Gasteiger partial charge is 0.490 e. The molecule has 1 fully saturated rings. The fraction of sp³-hybridized carbons (Fsp3) is 0.500. The van der Waals surface area contributed by atoms with Crippen molar-refractivity contribution < 1.29 is 18.3 Å². The number of piperazine rings is 1. The second-order valence-electron chi connectivity index (χ2n) is 6.18. The normalized spacial score (nSPS) is 18.3. The lowest BCUT2D eigenvalue weighted by Gasteiger charge is -2.35. The quantitative estimate of drug-likeness (QED) is 0.816. The van der Waals surface area contributed by atoms with Crippen molar-refractivity contribution in [1.82, 2.24) is 19.8 Å². The highest BCUT2D eigenvalue weighted by atomic mass is 19.3. The molecule has 26 heavy (non-hydrogen) atoms. The Morgan fingerprint density at radius 2 is 2.19 bits per heavy atom. The van der Waals surface area contributed by atoms with Gasteiger partial charge in [-0.2, -0.15) is 8.78 Å². The number of ether oxygens (including phenoxy) is 2. The molecule has 0 bridgehead atoms. The number of hydrogen-bond donors (Lipinski definition) is 1. The molecule has 1 unspecified atom stereocenters. The topological polar surface area (TPSA) is 51.5 Å². The van der Waals surface area contributed by atoms with Gasteiger partial charge in [-0.05, 0) is 24.6 Å². The van der Waals surface area contributed by atoms with Crippen molar-refractivity contribution in [2.75, 3.05) is 26.2 Å². The summed E-state index contributed by atoms with van der Waals surface area (Å²) in [5.41, 5.74) is 0.983. The average Bonchev–Trinajstić information content (AvgIpc) is 3.03. The Labute approximate surface area is 151 Å². The Bertz CT molecular complexity index is 723. The number of aryl methyl sites for hydroxylation is 1. The van der Waals surface area contributed by atoms with Gasteiger partial charge >= 0.3 is 6.61 Å². The van der Waals surface area contributed by atoms with E-state index in [1.165, 1.54) is 0 Å². The minimum Gasteiger partial charge on any atom is -0.490 e. The second kappa shape index (κ2) is 8.46. The van der Waals surface area contributed by atoms with Crippen molar-refractivity contribution in [3.8, 4) is 11.5 Å². The van der Waals surface area contributed by atoms with E-state index in [-0.39, 0.29) is 11.8 Å². The van der Waals surface area contributed by atoms with Gasteiger partial charge in [0, 0.05) is 45.6 Å². The van der Waals surface area contributed by atoms with Gasteiger partial charge in [-0.25, -0.2) is 4.98 Å². The summed E-state index contributed by atoms with van der Waals surface area (Å²) < 4.78 is 37.2. The number of benzene rings is 1. The van der Waals surface area contributed by atoms with Gasteiger partial charge in [0.1, 0.15) is 5.82 Å². The Morgan fingerprint density at radius 1 is 1.35 bits per heavy atom. The summed E-state index contributed by atoms with van der Waals surface area (Å²) >= 11 is 0. The Hall–Kier alpha value is -2.19. The van der Waals surface area contributed by atoms with Crippen LogP contribution < -0.4 is 14.8 Å². The standard InChI is InChI=1S/C18H24F2N4O2/c1-3-25-16-10-13(4-5-15(16)26-18(19)20)12-24-9-6-21-11-14(24)17-22-7-8-23(17)2/h4-5,7-8,10,14,18,21H,3,6,9,11-12H2,1-2H3. The number of nitrogens with zero attached hydrogens (tertiary/aromatic N) is 3. The molecule has 1 aliphatic heterocycles. The number of alkyl halides is 2. The van der Waals surface area contributed by atoms with Gasteiger partial charge in [-0.1, -0.05) is 6.07 Å². The monoisotopic (exact) mass is 366 g/mol. The van der Waals surface area contributed by atoms with Gasteiger partial charge in [0.15, 0.2) is 11.5 Å². The van der Waals surface area contributed by atoms with Crippen molar-refractivity contribution in [3.63, 3.8) is 0 Å². The highest BCUT2D eigenvalue weighted by molar-refractivity contribution is 5.43. The lowest BCUT2D eigenvalue weighted by molar-refractivity contribution is -0.0514. The molecule has 1 aliphatic rings. The first-order chi connectivity index (χ1) is 12.6. The fourth-order valence-electron chi connectivity index (χ4n) is 3.24. The Balaban J connectivity index is 1.80. The van der Waals surface area contributed by atoms with E-state index in [1.54, 1.807) is 24.4 Å². The van der Waals surface area contributed by atoms with Gasteiger partial charge in [0.2, 0.25) is 0 Å². The van der Waals surface area contributed by atoms with Crippen molar-refractivity contribution >= 4 is 0 Å². The number of imidazole rings is 1. The van der Waals surface area contributed by atoms with Crippen molar-refractivity contribution in [2.45, 2.75) is 26.1 Å². The van der Waals surface area contributed by atoms with Crippen molar-refractivity contribution in [1.29, 1.82) is 0 Å². The molecule has 1 saturated heterocycles. The maximum absolute atomic E-state index is 12.6. The second-order valence-corrected chi connectivity index (χ2v) is 6.18. The summed E-state index contributed by atoms with van der Waals surface area (Å²) in [5, 5.41) is 3.41. The molecular formula is C18H24F2N4O2. The number of aromatic nitrogens is 2. The van der Waals surface area contributed by atoms with E-state index in [0.717, 1.165) is 31.0 Å². The molecule has 0 spiro atoms. The molecule has 1 aromatic carbocycles. The number of nitrogens with one attached hydrogen (secondary N) is 1. The highest BCUT2D eigenvalue weighted by Crippen LogP contribution is 2.31. The van der Waals surface area contributed by atoms with E-state index < -0.39 is 6.61 Å². The first-order valence-corrected chi connectivity index (χ1v) is 8.71. The Kier molecular flexibility index (Phi) is 6.05. The minimum absolute atomic E-state index is 0.0616. The van der Waals surface area contributed by atoms with Crippen LogP contribution in [0.4, 0.5) is 8.78 Å². The molecule has 0 radical (unpaired) electrons.